The second-order valence-electron chi connectivity index (χ2n) is 4.34. The Morgan fingerprint density at radius 1 is 1.57 bits per heavy atom. The molecule has 0 aromatic rings. The van der Waals surface area contributed by atoms with Gasteiger partial charge < -0.3 is 10.1 Å². The van der Waals surface area contributed by atoms with Crippen molar-refractivity contribution in [2.24, 2.45) is 11.3 Å². The first kappa shape index (κ1) is 11.5. The Bertz CT molecular complexity index is 205. The molecular weight excluding hydrogens is 178 g/mol. The summed E-state index contributed by atoms with van der Waals surface area (Å²) in [6.07, 6.45) is 2.21. The van der Waals surface area contributed by atoms with Crippen LogP contribution in [0.15, 0.2) is 0 Å². The first-order valence-corrected chi connectivity index (χ1v) is 5.51. The number of rotatable bonds is 4. The van der Waals surface area contributed by atoms with E-state index in [-0.39, 0.29) is 17.3 Å². The molecular formula is C11H21NO2. The molecule has 1 saturated heterocycles. The number of ether oxygens (including phenoxy) is 1. The van der Waals surface area contributed by atoms with Crippen LogP contribution in [0.1, 0.15) is 33.6 Å². The van der Waals surface area contributed by atoms with Gasteiger partial charge in [0, 0.05) is 13.1 Å². The van der Waals surface area contributed by atoms with Gasteiger partial charge in [0.2, 0.25) is 0 Å². The van der Waals surface area contributed by atoms with E-state index in [9.17, 15) is 4.79 Å². The maximum atomic E-state index is 11.7. The van der Waals surface area contributed by atoms with E-state index in [0.29, 0.717) is 6.61 Å². The maximum absolute atomic E-state index is 11.7. The molecule has 1 aliphatic rings. The quantitative estimate of drug-likeness (QED) is 0.698. The SMILES string of the molecule is CCCC1(C)CNCC1C(=O)OCC. The molecule has 1 fully saturated rings. The van der Waals surface area contributed by atoms with E-state index in [0.717, 1.165) is 25.9 Å². The summed E-state index contributed by atoms with van der Waals surface area (Å²) in [7, 11) is 0. The number of hydrogen-bond acceptors (Lipinski definition) is 3. The van der Waals surface area contributed by atoms with Gasteiger partial charge in [0.05, 0.1) is 12.5 Å². The minimum absolute atomic E-state index is 0.0338. The van der Waals surface area contributed by atoms with Gasteiger partial charge in [0.25, 0.3) is 0 Å². The van der Waals surface area contributed by atoms with Crippen LogP contribution in [0.5, 0.6) is 0 Å². The summed E-state index contributed by atoms with van der Waals surface area (Å²) in [6.45, 7) is 8.39. The van der Waals surface area contributed by atoms with Gasteiger partial charge in [-0.2, -0.15) is 0 Å². The van der Waals surface area contributed by atoms with Crippen LogP contribution in [-0.4, -0.2) is 25.7 Å². The van der Waals surface area contributed by atoms with Crippen LogP contribution in [0.25, 0.3) is 0 Å². The predicted octanol–water partition coefficient (Wildman–Crippen LogP) is 1.58. The summed E-state index contributed by atoms with van der Waals surface area (Å²) in [5.74, 6) is 0.0100. The van der Waals surface area contributed by atoms with E-state index in [1.807, 2.05) is 6.92 Å². The van der Waals surface area contributed by atoms with E-state index < -0.39 is 0 Å². The molecule has 0 spiro atoms. The summed E-state index contributed by atoms with van der Waals surface area (Å²) >= 11 is 0. The smallest absolute Gasteiger partial charge is 0.310 e. The highest BCUT2D eigenvalue weighted by Crippen LogP contribution is 2.36. The lowest BCUT2D eigenvalue weighted by atomic mass is 9.76. The van der Waals surface area contributed by atoms with Crippen molar-refractivity contribution in [2.75, 3.05) is 19.7 Å². The zero-order valence-corrected chi connectivity index (χ0v) is 9.43. The molecule has 0 aromatic heterocycles. The topological polar surface area (TPSA) is 38.3 Å². The van der Waals surface area contributed by atoms with Gasteiger partial charge in [-0.15, -0.1) is 0 Å². The fourth-order valence-electron chi connectivity index (χ4n) is 2.32. The van der Waals surface area contributed by atoms with Crippen molar-refractivity contribution in [1.82, 2.24) is 5.32 Å². The van der Waals surface area contributed by atoms with E-state index in [1.54, 1.807) is 0 Å². The van der Waals surface area contributed by atoms with Gasteiger partial charge >= 0.3 is 5.97 Å². The van der Waals surface area contributed by atoms with Crippen LogP contribution < -0.4 is 5.32 Å². The summed E-state index contributed by atoms with van der Waals surface area (Å²) in [4.78, 5) is 11.7. The van der Waals surface area contributed by atoms with Crippen LogP contribution in [0.3, 0.4) is 0 Å². The Kier molecular flexibility index (Phi) is 3.93. The lowest BCUT2D eigenvalue weighted by Crippen LogP contribution is -2.33. The Morgan fingerprint density at radius 2 is 2.29 bits per heavy atom. The van der Waals surface area contributed by atoms with Crippen LogP contribution in [0.4, 0.5) is 0 Å². The monoisotopic (exact) mass is 199 g/mol. The van der Waals surface area contributed by atoms with Crippen molar-refractivity contribution < 1.29 is 9.53 Å². The van der Waals surface area contributed by atoms with Crippen LogP contribution in [-0.2, 0) is 9.53 Å². The molecule has 14 heavy (non-hydrogen) atoms. The minimum atomic E-state index is -0.0338. The van der Waals surface area contributed by atoms with Gasteiger partial charge in [0.15, 0.2) is 0 Å². The minimum Gasteiger partial charge on any atom is -0.466 e. The highest BCUT2D eigenvalue weighted by atomic mass is 16.5. The normalized spacial score (nSPS) is 31.8. The lowest BCUT2D eigenvalue weighted by molar-refractivity contribution is -0.150. The van der Waals surface area contributed by atoms with E-state index in [2.05, 4.69) is 19.2 Å². The fraction of sp³-hybridized carbons (Fsp3) is 0.909. The van der Waals surface area contributed by atoms with Gasteiger partial charge in [-0.3, -0.25) is 4.79 Å². The van der Waals surface area contributed by atoms with Crippen molar-refractivity contribution in [2.45, 2.75) is 33.6 Å². The molecule has 82 valence electrons. The third-order valence-corrected chi connectivity index (χ3v) is 3.11. The second kappa shape index (κ2) is 4.78. The number of carbonyl (C=O) groups is 1. The standard InChI is InChI=1S/C11H21NO2/c1-4-6-11(3)8-12-7-9(11)10(13)14-5-2/h9,12H,4-8H2,1-3H3. The number of hydrogen-bond donors (Lipinski definition) is 1. The summed E-state index contributed by atoms with van der Waals surface area (Å²) in [5.41, 5.74) is 0.0982. The van der Waals surface area contributed by atoms with E-state index >= 15 is 0 Å². The van der Waals surface area contributed by atoms with Crippen LogP contribution in [0, 0.1) is 11.3 Å². The molecule has 1 aliphatic heterocycles. The first-order valence-electron chi connectivity index (χ1n) is 5.51. The Morgan fingerprint density at radius 3 is 2.86 bits per heavy atom. The third kappa shape index (κ3) is 2.27. The van der Waals surface area contributed by atoms with Crippen molar-refractivity contribution >= 4 is 5.97 Å². The molecule has 0 saturated carbocycles. The number of esters is 1. The van der Waals surface area contributed by atoms with Gasteiger partial charge in [0.1, 0.15) is 0 Å². The highest BCUT2D eigenvalue weighted by Gasteiger charge is 2.43. The van der Waals surface area contributed by atoms with Crippen molar-refractivity contribution in [1.29, 1.82) is 0 Å². The molecule has 0 bridgehead atoms. The molecule has 0 amide bonds. The van der Waals surface area contributed by atoms with Gasteiger partial charge in [-0.05, 0) is 18.8 Å². The van der Waals surface area contributed by atoms with Crippen molar-refractivity contribution in [3.8, 4) is 0 Å². The first-order chi connectivity index (χ1) is 6.64. The summed E-state index contributed by atoms with van der Waals surface area (Å²) in [6, 6.07) is 0. The fourth-order valence-corrected chi connectivity index (χ4v) is 2.32. The summed E-state index contributed by atoms with van der Waals surface area (Å²) < 4.78 is 5.09. The summed E-state index contributed by atoms with van der Waals surface area (Å²) in [5, 5.41) is 3.29. The lowest BCUT2D eigenvalue weighted by Gasteiger charge is -2.28. The molecule has 3 heteroatoms. The molecule has 0 aliphatic carbocycles. The zero-order valence-electron chi connectivity index (χ0n) is 9.43. The van der Waals surface area contributed by atoms with Crippen LogP contribution in [0.2, 0.25) is 0 Å². The van der Waals surface area contributed by atoms with Crippen molar-refractivity contribution in [3.63, 3.8) is 0 Å². The van der Waals surface area contributed by atoms with E-state index in [1.165, 1.54) is 0 Å². The Hall–Kier alpha value is -0.570. The molecule has 3 nitrogen and oxygen atoms in total. The average Bonchev–Trinajstić information content (AvgIpc) is 2.48. The molecule has 1 heterocycles. The van der Waals surface area contributed by atoms with Gasteiger partial charge in [-0.1, -0.05) is 20.3 Å². The van der Waals surface area contributed by atoms with E-state index in [4.69, 9.17) is 4.74 Å². The molecule has 2 atom stereocenters. The predicted molar refractivity (Wildman–Crippen MR) is 56.0 cm³/mol. The molecule has 1 N–H and O–H groups in total. The largest absolute Gasteiger partial charge is 0.466 e. The molecule has 1 rings (SSSR count). The van der Waals surface area contributed by atoms with Crippen LogP contribution >= 0.6 is 0 Å². The highest BCUT2D eigenvalue weighted by molar-refractivity contribution is 5.74. The zero-order chi connectivity index (χ0) is 10.6. The number of nitrogens with one attached hydrogen (secondary N) is 1. The van der Waals surface area contributed by atoms with Crippen molar-refractivity contribution in [3.05, 3.63) is 0 Å². The maximum Gasteiger partial charge on any atom is 0.310 e. The third-order valence-electron chi connectivity index (χ3n) is 3.11. The molecule has 2 unspecified atom stereocenters. The second-order valence-corrected chi connectivity index (χ2v) is 4.34. The van der Waals surface area contributed by atoms with Gasteiger partial charge in [-0.25, -0.2) is 0 Å². The molecule has 0 aromatic carbocycles. The number of carbonyl (C=O) groups excluding carboxylic acids is 1. The Labute approximate surface area is 86.2 Å². The molecule has 0 radical (unpaired) electrons. The Balaban J connectivity index is 2.62. The average molecular weight is 199 g/mol.